The van der Waals surface area contributed by atoms with Crippen molar-refractivity contribution in [2.45, 2.75) is 19.6 Å². The number of aromatic nitrogens is 1. The Bertz CT molecular complexity index is 559. The minimum Gasteiger partial charge on any atom is -0.491 e. The van der Waals surface area contributed by atoms with Crippen LogP contribution in [0.4, 0.5) is 0 Å². The molecule has 6 heteroatoms. The second-order valence-corrected chi connectivity index (χ2v) is 6.38. The first kappa shape index (κ1) is 16.2. The van der Waals surface area contributed by atoms with Gasteiger partial charge in [0.2, 0.25) is 0 Å². The number of likely N-dealkylation sites (N-methyl/N-ethyl adjacent to an activating group) is 1. The van der Waals surface area contributed by atoms with E-state index in [-0.39, 0.29) is 6.61 Å². The summed E-state index contributed by atoms with van der Waals surface area (Å²) in [6.45, 7) is 3.50. The van der Waals surface area contributed by atoms with E-state index in [1.165, 1.54) is 0 Å². The summed E-state index contributed by atoms with van der Waals surface area (Å²) in [5.74, 6) is 0.705. The summed E-state index contributed by atoms with van der Waals surface area (Å²) in [6, 6.07) is 7.11. The maximum Gasteiger partial charge on any atom is 0.119 e. The molecule has 4 nitrogen and oxygen atoms in total. The van der Waals surface area contributed by atoms with Gasteiger partial charge in [-0.15, -0.1) is 11.3 Å². The second-order valence-electron chi connectivity index (χ2n) is 5.00. The highest BCUT2D eigenvalue weighted by atomic mass is 35.5. The monoisotopic (exact) mass is 326 g/mol. The molecule has 1 unspecified atom stereocenters. The summed E-state index contributed by atoms with van der Waals surface area (Å²) in [5, 5.41) is 13.8. The molecule has 0 bridgehead atoms. The van der Waals surface area contributed by atoms with Crippen LogP contribution in [0.25, 0.3) is 0 Å². The van der Waals surface area contributed by atoms with E-state index in [0.29, 0.717) is 17.3 Å². The molecule has 0 saturated carbocycles. The summed E-state index contributed by atoms with van der Waals surface area (Å²) in [4.78, 5) is 6.45. The van der Waals surface area contributed by atoms with E-state index in [0.717, 1.165) is 17.2 Å². The summed E-state index contributed by atoms with van der Waals surface area (Å²) in [7, 11) is 1.96. The SMILES string of the molecule is Cc1csc(CN(C)CC(O)COc2ccc(Cl)cc2)n1. The normalized spacial score (nSPS) is 12.6. The van der Waals surface area contributed by atoms with E-state index in [1.54, 1.807) is 35.6 Å². The van der Waals surface area contributed by atoms with E-state index < -0.39 is 6.10 Å². The highest BCUT2D eigenvalue weighted by molar-refractivity contribution is 7.09. The number of nitrogens with zero attached hydrogens (tertiary/aromatic N) is 2. The number of rotatable bonds is 7. The van der Waals surface area contributed by atoms with Crippen molar-refractivity contribution in [3.63, 3.8) is 0 Å². The van der Waals surface area contributed by atoms with Gasteiger partial charge in [-0.2, -0.15) is 0 Å². The standard InChI is InChI=1S/C15H19ClN2O2S/c1-11-10-21-15(17-11)8-18(2)7-13(19)9-20-14-5-3-12(16)4-6-14/h3-6,10,13,19H,7-9H2,1-2H3. The Balaban J connectivity index is 1.73. The van der Waals surface area contributed by atoms with Gasteiger partial charge in [-0.25, -0.2) is 4.98 Å². The van der Waals surface area contributed by atoms with E-state index in [1.807, 2.05) is 24.3 Å². The fraction of sp³-hybridized carbons (Fsp3) is 0.400. The molecule has 0 aliphatic carbocycles. The van der Waals surface area contributed by atoms with Crippen LogP contribution in [0.15, 0.2) is 29.6 Å². The Morgan fingerprint density at radius 1 is 1.38 bits per heavy atom. The summed E-state index contributed by atoms with van der Waals surface area (Å²) in [5.41, 5.74) is 1.04. The van der Waals surface area contributed by atoms with Gasteiger partial charge in [-0.1, -0.05) is 11.6 Å². The highest BCUT2D eigenvalue weighted by Gasteiger charge is 2.11. The Hall–Kier alpha value is -1.14. The Labute approximate surface area is 134 Å². The highest BCUT2D eigenvalue weighted by Crippen LogP contribution is 2.16. The van der Waals surface area contributed by atoms with E-state index in [4.69, 9.17) is 16.3 Å². The van der Waals surface area contributed by atoms with Gasteiger partial charge in [0.05, 0.1) is 6.54 Å². The third-order valence-corrected chi connectivity index (χ3v) is 4.05. The van der Waals surface area contributed by atoms with Crippen LogP contribution >= 0.6 is 22.9 Å². The molecule has 0 fully saturated rings. The van der Waals surface area contributed by atoms with Crippen LogP contribution in [0, 0.1) is 6.92 Å². The first-order valence-electron chi connectivity index (χ1n) is 6.69. The van der Waals surface area contributed by atoms with Gasteiger partial charge < -0.3 is 9.84 Å². The van der Waals surface area contributed by atoms with E-state index >= 15 is 0 Å². The zero-order valence-electron chi connectivity index (χ0n) is 12.1. The second kappa shape index (κ2) is 7.75. The third-order valence-electron chi connectivity index (χ3n) is 2.85. The summed E-state index contributed by atoms with van der Waals surface area (Å²) in [6.07, 6.45) is -0.549. The Morgan fingerprint density at radius 2 is 2.10 bits per heavy atom. The van der Waals surface area contributed by atoms with Gasteiger partial charge in [-0.05, 0) is 38.2 Å². The third kappa shape index (κ3) is 5.63. The fourth-order valence-corrected chi connectivity index (χ4v) is 2.88. The van der Waals surface area contributed by atoms with Crippen molar-refractivity contribution in [1.29, 1.82) is 0 Å². The van der Waals surface area contributed by atoms with Crippen LogP contribution in [0.1, 0.15) is 10.7 Å². The molecule has 1 aromatic carbocycles. The minimum absolute atomic E-state index is 0.253. The van der Waals surface area contributed by atoms with Crippen LogP contribution in [0.5, 0.6) is 5.75 Å². The number of aliphatic hydroxyl groups is 1. The maximum atomic E-state index is 10.0. The van der Waals surface area contributed by atoms with Gasteiger partial charge in [0, 0.05) is 22.6 Å². The molecule has 1 aromatic heterocycles. The fourth-order valence-electron chi connectivity index (χ4n) is 1.91. The first-order valence-corrected chi connectivity index (χ1v) is 7.94. The molecule has 0 aliphatic rings. The van der Waals surface area contributed by atoms with Crippen molar-refractivity contribution in [2.75, 3.05) is 20.2 Å². The van der Waals surface area contributed by atoms with Crippen molar-refractivity contribution < 1.29 is 9.84 Å². The van der Waals surface area contributed by atoms with Gasteiger partial charge in [-0.3, -0.25) is 4.90 Å². The first-order chi connectivity index (χ1) is 10.0. The topological polar surface area (TPSA) is 45.6 Å². The van der Waals surface area contributed by atoms with Gasteiger partial charge in [0.15, 0.2) is 0 Å². The molecule has 1 N–H and O–H groups in total. The Morgan fingerprint density at radius 3 is 2.71 bits per heavy atom. The molecular formula is C15H19ClN2O2S. The average Bonchev–Trinajstić information content (AvgIpc) is 2.83. The summed E-state index contributed by atoms with van der Waals surface area (Å²) >= 11 is 7.44. The minimum atomic E-state index is -0.549. The molecule has 1 atom stereocenters. The molecular weight excluding hydrogens is 308 g/mol. The van der Waals surface area contributed by atoms with Crippen LogP contribution < -0.4 is 4.74 Å². The lowest BCUT2D eigenvalue weighted by molar-refractivity contribution is 0.0743. The lowest BCUT2D eigenvalue weighted by atomic mass is 10.3. The number of aliphatic hydroxyl groups excluding tert-OH is 1. The molecule has 21 heavy (non-hydrogen) atoms. The molecule has 0 aliphatic heterocycles. The van der Waals surface area contributed by atoms with E-state index in [2.05, 4.69) is 4.98 Å². The zero-order valence-corrected chi connectivity index (χ0v) is 13.7. The number of aryl methyl sites for hydroxylation is 1. The molecule has 114 valence electrons. The Kier molecular flexibility index (Phi) is 5.99. The van der Waals surface area contributed by atoms with Gasteiger partial charge >= 0.3 is 0 Å². The molecule has 2 rings (SSSR count). The largest absolute Gasteiger partial charge is 0.491 e. The van der Waals surface area contributed by atoms with Crippen molar-refractivity contribution in [3.05, 3.63) is 45.4 Å². The molecule has 0 radical (unpaired) electrons. The number of ether oxygens (including phenoxy) is 1. The number of hydrogen-bond acceptors (Lipinski definition) is 5. The van der Waals surface area contributed by atoms with Crippen molar-refractivity contribution in [1.82, 2.24) is 9.88 Å². The van der Waals surface area contributed by atoms with Crippen molar-refractivity contribution in [3.8, 4) is 5.75 Å². The van der Waals surface area contributed by atoms with Crippen LogP contribution in [-0.4, -0.2) is 41.3 Å². The zero-order chi connectivity index (χ0) is 15.2. The number of hydrogen-bond donors (Lipinski definition) is 1. The molecule has 0 saturated heterocycles. The summed E-state index contributed by atoms with van der Waals surface area (Å²) < 4.78 is 5.53. The quantitative estimate of drug-likeness (QED) is 0.849. The smallest absolute Gasteiger partial charge is 0.119 e. The molecule has 0 spiro atoms. The molecule has 1 heterocycles. The van der Waals surface area contributed by atoms with Crippen LogP contribution in [0.3, 0.4) is 0 Å². The van der Waals surface area contributed by atoms with E-state index in [9.17, 15) is 5.11 Å². The average molecular weight is 327 g/mol. The molecule has 0 amide bonds. The van der Waals surface area contributed by atoms with Crippen LogP contribution in [-0.2, 0) is 6.54 Å². The predicted octanol–water partition coefficient (Wildman–Crippen LogP) is 2.98. The van der Waals surface area contributed by atoms with Gasteiger partial charge in [0.25, 0.3) is 0 Å². The van der Waals surface area contributed by atoms with Crippen molar-refractivity contribution in [2.24, 2.45) is 0 Å². The predicted molar refractivity (Wildman–Crippen MR) is 86.1 cm³/mol. The number of benzene rings is 1. The van der Waals surface area contributed by atoms with Gasteiger partial charge in [0.1, 0.15) is 23.5 Å². The number of thiazole rings is 1. The lowest BCUT2D eigenvalue weighted by Gasteiger charge is -2.19. The maximum absolute atomic E-state index is 10.0. The van der Waals surface area contributed by atoms with Crippen LogP contribution in [0.2, 0.25) is 5.02 Å². The molecule has 2 aromatic rings. The lowest BCUT2D eigenvalue weighted by Crippen LogP contribution is -2.32. The van der Waals surface area contributed by atoms with Crippen molar-refractivity contribution >= 4 is 22.9 Å². The number of halogens is 1.